The molecule has 2 fully saturated rings. The van der Waals surface area contributed by atoms with Gasteiger partial charge in [0.2, 0.25) is 5.78 Å². The van der Waals surface area contributed by atoms with Gasteiger partial charge < -0.3 is 15.2 Å². The Kier molecular flexibility index (Phi) is 5.95. The molecule has 2 saturated carbocycles. The summed E-state index contributed by atoms with van der Waals surface area (Å²) in [7, 11) is 0. The molecule has 1 aliphatic heterocycles. The third-order valence-corrected chi connectivity index (χ3v) is 8.82. The van der Waals surface area contributed by atoms with Crippen LogP contribution in [0.15, 0.2) is 36.8 Å². The number of hydrogen-bond acceptors (Lipinski definition) is 7. The lowest BCUT2D eigenvalue weighted by Gasteiger charge is -2.27. The summed E-state index contributed by atoms with van der Waals surface area (Å²) in [5, 5.41) is 13.5. The Hall–Kier alpha value is -2.61. The van der Waals surface area contributed by atoms with E-state index < -0.39 is 0 Å². The number of carbonyl (C=O) groups excluding carboxylic acids is 1. The summed E-state index contributed by atoms with van der Waals surface area (Å²) in [5.74, 6) is 1.38. The van der Waals surface area contributed by atoms with E-state index in [0.29, 0.717) is 35.2 Å². The summed E-state index contributed by atoms with van der Waals surface area (Å²) < 4.78 is 6.29. The molecule has 2 aliphatic carbocycles. The lowest BCUT2D eigenvalue weighted by molar-refractivity contribution is 0.0697. The highest BCUT2D eigenvalue weighted by Crippen LogP contribution is 2.44. The maximum Gasteiger partial charge on any atom is 0.208 e. The van der Waals surface area contributed by atoms with Crippen molar-refractivity contribution in [2.75, 3.05) is 11.9 Å². The van der Waals surface area contributed by atoms with Gasteiger partial charge in [-0.05, 0) is 79.2 Å². The molecule has 4 atom stereocenters. The zero-order chi connectivity index (χ0) is 24.1. The molecule has 0 radical (unpaired) electrons. The summed E-state index contributed by atoms with van der Waals surface area (Å²) in [6, 6.07) is 8.98. The van der Waals surface area contributed by atoms with Crippen LogP contribution >= 0.6 is 11.3 Å². The second-order valence-corrected chi connectivity index (χ2v) is 11.6. The zero-order valence-electron chi connectivity index (χ0n) is 20.2. The number of rotatable bonds is 6. The van der Waals surface area contributed by atoms with Crippen molar-refractivity contribution in [3.8, 4) is 0 Å². The van der Waals surface area contributed by atoms with Gasteiger partial charge in [-0.3, -0.25) is 4.79 Å². The van der Waals surface area contributed by atoms with Crippen molar-refractivity contribution < 1.29 is 14.6 Å². The molecular weight excluding hydrogens is 458 g/mol. The summed E-state index contributed by atoms with van der Waals surface area (Å²) in [6.45, 7) is 4.81. The Morgan fingerprint density at radius 1 is 1.20 bits per heavy atom. The summed E-state index contributed by atoms with van der Waals surface area (Å²) in [5.41, 5.74) is 5.55. The van der Waals surface area contributed by atoms with Crippen LogP contribution in [-0.4, -0.2) is 39.6 Å². The fraction of sp³-hybridized carbons (Fsp3) is 0.464. The van der Waals surface area contributed by atoms with E-state index in [2.05, 4.69) is 40.4 Å². The first-order valence-electron chi connectivity index (χ1n) is 12.6. The number of thiophene rings is 1. The molecule has 0 saturated heterocycles. The van der Waals surface area contributed by atoms with E-state index in [-0.39, 0.29) is 30.0 Å². The number of nitrogens with zero attached hydrogens (tertiary/aromatic N) is 2. The Balaban J connectivity index is 1.29. The molecule has 3 heterocycles. The van der Waals surface area contributed by atoms with Gasteiger partial charge in [-0.1, -0.05) is 25.1 Å². The third kappa shape index (κ3) is 4.41. The van der Waals surface area contributed by atoms with Gasteiger partial charge in [0.15, 0.2) is 0 Å². The molecule has 35 heavy (non-hydrogen) atoms. The van der Waals surface area contributed by atoms with Gasteiger partial charge in [-0.2, -0.15) is 0 Å². The van der Waals surface area contributed by atoms with Crippen LogP contribution in [0.25, 0.3) is 0 Å². The lowest BCUT2D eigenvalue weighted by Crippen LogP contribution is -2.20. The number of ether oxygens (including phenoxy) is 1. The topological polar surface area (TPSA) is 84.3 Å². The number of anilines is 1. The minimum Gasteiger partial charge on any atom is -0.393 e. The molecule has 0 spiro atoms. The number of hydrogen-bond donors (Lipinski definition) is 2. The first kappa shape index (κ1) is 22.8. The average Bonchev–Trinajstić information content (AvgIpc) is 3.57. The molecule has 1 aromatic carbocycles. The van der Waals surface area contributed by atoms with E-state index in [9.17, 15) is 9.90 Å². The van der Waals surface area contributed by atoms with Crippen LogP contribution in [0.2, 0.25) is 0 Å². The Morgan fingerprint density at radius 2 is 2.06 bits per heavy atom. The van der Waals surface area contributed by atoms with Crippen LogP contribution in [0.4, 0.5) is 5.82 Å². The van der Waals surface area contributed by atoms with Crippen molar-refractivity contribution in [3.05, 3.63) is 74.4 Å². The smallest absolute Gasteiger partial charge is 0.208 e. The van der Waals surface area contributed by atoms with E-state index in [0.717, 1.165) is 23.3 Å². The van der Waals surface area contributed by atoms with E-state index in [1.165, 1.54) is 47.2 Å². The molecule has 0 amide bonds. The molecule has 0 unspecified atom stereocenters. The molecule has 7 heteroatoms. The van der Waals surface area contributed by atoms with Crippen molar-refractivity contribution in [3.63, 3.8) is 0 Å². The molecule has 6 nitrogen and oxygen atoms in total. The highest BCUT2D eigenvalue weighted by Gasteiger charge is 2.32. The van der Waals surface area contributed by atoms with E-state index in [4.69, 9.17) is 4.74 Å². The third-order valence-electron chi connectivity index (χ3n) is 7.76. The molecular formula is C28H31N3O3S. The highest BCUT2D eigenvalue weighted by atomic mass is 32.1. The van der Waals surface area contributed by atoms with Gasteiger partial charge in [0.05, 0.1) is 23.2 Å². The van der Waals surface area contributed by atoms with Crippen LogP contribution in [-0.2, 0) is 11.2 Å². The summed E-state index contributed by atoms with van der Waals surface area (Å²) in [4.78, 5) is 23.9. The number of benzene rings is 1. The molecule has 3 aliphatic rings. The van der Waals surface area contributed by atoms with Crippen molar-refractivity contribution in [1.29, 1.82) is 0 Å². The predicted molar refractivity (Wildman–Crippen MR) is 136 cm³/mol. The van der Waals surface area contributed by atoms with Crippen molar-refractivity contribution in [2.24, 2.45) is 5.92 Å². The van der Waals surface area contributed by atoms with Gasteiger partial charge in [-0.15, -0.1) is 11.3 Å². The average molecular weight is 490 g/mol. The molecule has 2 N–H and O–H groups in total. The van der Waals surface area contributed by atoms with Gasteiger partial charge in [0.25, 0.3) is 0 Å². The number of aliphatic hydroxyl groups is 1. The molecule has 2 aromatic heterocycles. The van der Waals surface area contributed by atoms with Crippen LogP contribution in [0.5, 0.6) is 0 Å². The molecule has 6 rings (SSSR count). The van der Waals surface area contributed by atoms with Crippen LogP contribution in [0.1, 0.15) is 87.0 Å². The van der Waals surface area contributed by atoms with Gasteiger partial charge in [0.1, 0.15) is 18.2 Å². The number of carbonyl (C=O) groups is 1. The molecule has 0 bridgehead atoms. The fourth-order valence-corrected chi connectivity index (χ4v) is 6.54. The lowest BCUT2D eigenvalue weighted by atomic mass is 9.90. The van der Waals surface area contributed by atoms with Crippen molar-refractivity contribution >= 4 is 22.9 Å². The number of aryl methyl sites for hydroxylation is 1. The predicted octanol–water partition coefficient (Wildman–Crippen LogP) is 5.19. The van der Waals surface area contributed by atoms with Crippen molar-refractivity contribution in [1.82, 2.24) is 9.97 Å². The maximum atomic E-state index is 13.6. The van der Waals surface area contributed by atoms with E-state index in [1.54, 1.807) is 6.20 Å². The van der Waals surface area contributed by atoms with E-state index in [1.807, 2.05) is 13.0 Å². The quantitative estimate of drug-likeness (QED) is 0.464. The second-order valence-electron chi connectivity index (χ2n) is 10.3. The van der Waals surface area contributed by atoms with Crippen LogP contribution < -0.4 is 5.32 Å². The maximum absolute atomic E-state index is 13.6. The minimum absolute atomic E-state index is 0.0817. The first-order valence-corrected chi connectivity index (χ1v) is 13.4. The Bertz CT molecular complexity index is 1260. The zero-order valence-corrected chi connectivity index (χ0v) is 21.0. The van der Waals surface area contributed by atoms with Crippen LogP contribution in [0, 0.1) is 12.8 Å². The standard InChI is InChI=1S/C28H31N3O3S/c1-15-9-20(11-24(15)32)31-28-23(13-29-14-30-28)26(33)25-12-21(16(2)35-25)27-22-10-19(17-3-4-17)6-5-18(22)7-8-34-27/h5-6,10,12-15,17,20,24,27,32H,3-4,7-9,11H2,1-2H3,(H,29,30,31)/t15-,20-,24+,27+/m1/s1. The summed E-state index contributed by atoms with van der Waals surface area (Å²) in [6.07, 6.45) is 7.57. The number of nitrogens with one attached hydrogen (secondary N) is 1. The van der Waals surface area contributed by atoms with Gasteiger partial charge in [0, 0.05) is 17.1 Å². The number of fused-ring (bicyclic) bond motifs is 1. The second kappa shape index (κ2) is 9.12. The Morgan fingerprint density at radius 3 is 2.83 bits per heavy atom. The molecule has 182 valence electrons. The summed E-state index contributed by atoms with van der Waals surface area (Å²) >= 11 is 1.51. The Labute approximate surface area is 209 Å². The van der Waals surface area contributed by atoms with Gasteiger partial charge >= 0.3 is 0 Å². The monoisotopic (exact) mass is 489 g/mol. The number of ketones is 1. The first-order chi connectivity index (χ1) is 17.0. The highest BCUT2D eigenvalue weighted by molar-refractivity contribution is 7.14. The minimum atomic E-state index is -0.324. The number of aliphatic hydroxyl groups excluding tert-OH is 1. The van der Waals surface area contributed by atoms with Crippen molar-refractivity contribution in [2.45, 2.75) is 70.1 Å². The largest absolute Gasteiger partial charge is 0.393 e. The number of aromatic nitrogens is 2. The normalized spacial score (nSPS) is 25.9. The fourth-order valence-electron chi connectivity index (χ4n) is 5.54. The SMILES string of the molecule is Cc1sc(C(=O)c2cncnc2N[C@@H]2C[C@@H](C)[C@@H](O)C2)cc1[C@@H]1OCCc2ccc(C3CC3)cc21. The van der Waals surface area contributed by atoms with Gasteiger partial charge in [-0.25, -0.2) is 9.97 Å². The van der Waals surface area contributed by atoms with Crippen LogP contribution in [0.3, 0.4) is 0 Å². The molecule has 3 aromatic rings. The van der Waals surface area contributed by atoms with E-state index >= 15 is 0 Å².